The number of nitrogens with zero attached hydrogens (tertiary/aromatic N) is 2. The summed E-state index contributed by atoms with van der Waals surface area (Å²) in [6.07, 6.45) is 2.09. The third kappa shape index (κ3) is 6.94. The van der Waals surface area contributed by atoms with Gasteiger partial charge in [0.1, 0.15) is 0 Å². The van der Waals surface area contributed by atoms with Gasteiger partial charge in [-0.1, -0.05) is 83.5 Å². The van der Waals surface area contributed by atoms with Crippen molar-refractivity contribution < 1.29 is 4.79 Å². The van der Waals surface area contributed by atoms with Gasteiger partial charge >= 0.3 is 0 Å². The van der Waals surface area contributed by atoms with Gasteiger partial charge in [-0.05, 0) is 61.9 Å². The van der Waals surface area contributed by atoms with Crippen molar-refractivity contribution in [3.63, 3.8) is 0 Å². The first-order valence-corrected chi connectivity index (χ1v) is 12.1. The summed E-state index contributed by atoms with van der Waals surface area (Å²) in [5, 5.41) is 5.92. The van der Waals surface area contributed by atoms with Gasteiger partial charge in [-0.25, -0.2) is 0 Å². The van der Waals surface area contributed by atoms with Crippen LogP contribution in [0, 0.1) is 5.92 Å². The van der Waals surface area contributed by atoms with Crippen LogP contribution in [0.3, 0.4) is 0 Å². The number of carbonyl (C=O) groups excluding carboxylic acids is 1. The van der Waals surface area contributed by atoms with Gasteiger partial charge in [-0.2, -0.15) is 0 Å². The van der Waals surface area contributed by atoms with Crippen molar-refractivity contribution >= 4 is 29.1 Å². The molecule has 0 aliphatic carbocycles. The minimum Gasteiger partial charge on any atom is -0.354 e. The molecule has 0 radical (unpaired) electrons. The summed E-state index contributed by atoms with van der Waals surface area (Å²) in [5.41, 5.74) is 1.26. The number of fused-ring (bicyclic) bond motifs is 1. The monoisotopic (exact) mass is 461 g/mol. The molecule has 2 aromatic carbocycles. The van der Waals surface area contributed by atoms with E-state index >= 15 is 0 Å². The Kier molecular flexibility index (Phi) is 12.3. The molecule has 1 N–H and O–H groups in total. The fraction of sp³-hybridized carbons (Fsp3) is 0.593. The highest BCUT2D eigenvalue weighted by Crippen LogP contribution is 2.41. The van der Waals surface area contributed by atoms with Gasteiger partial charge in [-0.15, -0.1) is 12.4 Å². The molecule has 0 aromatic heterocycles. The van der Waals surface area contributed by atoms with E-state index in [9.17, 15) is 4.79 Å². The second-order valence-electron chi connectivity index (χ2n) is 8.88. The largest absolute Gasteiger partial charge is 0.354 e. The van der Waals surface area contributed by atoms with E-state index in [1.165, 1.54) is 16.3 Å². The lowest BCUT2D eigenvalue weighted by Crippen LogP contribution is -2.49. The summed E-state index contributed by atoms with van der Waals surface area (Å²) in [6.45, 7) is 16.0. The SMILES string of the molecule is CCC(C)C(CCN(C)CC)(CNC(=O)CN(CC)CC)c1cccc2ccccc12.Cl. The van der Waals surface area contributed by atoms with Crippen molar-refractivity contribution in [2.75, 3.05) is 46.3 Å². The highest BCUT2D eigenvalue weighted by molar-refractivity contribution is 5.87. The maximum Gasteiger partial charge on any atom is 0.234 e. The number of nitrogens with one attached hydrogen (secondary N) is 1. The average molecular weight is 462 g/mol. The number of halogens is 1. The zero-order valence-corrected chi connectivity index (χ0v) is 21.8. The van der Waals surface area contributed by atoms with Gasteiger partial charge in [0, 0.05) is 12.0 Å². The van der Waals surface area contributed by atoms with Crippen molar-refractivity contribution in [1.29, 1.82) is 0 Å². The Labute approximate surface area is 202 Å². The van der Waals surface area contributed by atoms with Crippen LogP contribution in [0.15, 0.2) is 42.5 Å². The minimum absolute atomic E-state index is 0. The molecule has 180 valence electrons. The van der Waals surface area contributed by atoms with Gasteiger partial charge in [0.25, 0.3) is 0 Å². The lowest BCUT2D eigenvalue weighted by atomic mass is 9.66. The first-order valence-electron chi connectivity index (χ1n) is 12.1. The summed E-state index contributed by atoms with van der Waals surface area (Å²) in [6, 6.07) is 15.3. The predicted molar refractivity (Wildman–Crippen MR) is 141 cm³/mol. The molecule has 1 amide bonds. The molecular weight excluding hydrogens is 418 g/mol. The van der Waals surface area contributed by atoms with Gasteiger partial charge in [0.05, 0.1) is 6.54 Å². The number of carbonyl (C=O) groups is 1. The van der Waals surface area contributed by atoms with Crippen molar-refractivity contribution in [2.24, 2.45) is 5.92 Å². The average Bonchev–Trinajstić information content (AvgIpc) is 2.81. The smallest absolute Gasteiger partial charge is 0.234 e. The van der Waals surface area contributed by atoms with E-state index in [2.05, 4.69) is 99.2 Å². The fourth-order valence-electron chi connectivity index (χ4n) is 4.57. The van der Waals surface area contributed by atoms with E-state index in [-0.39, 0.29) is 23.7 Å². The molecule has 32 heavy (non-hydrogen) atoms. The molecule has 2 aromatic rings. The second-order valence-corrected chi connectivity index (χ2v) is 8.88. The molecule has 5 heteroatoms. The van der Waals surface area contributed by atoms with Crippen LogP contribution in [0.5, 0.6) is 0 Å². The zero-order valence-electron chi connectivity index (χ0n) is 21.0. The van der Waals surface area contributed by atoms with Crippen LogP contribution in [-0.2, 0) is 10.2 Å². The standard InChI is InChI=1S/C27H43N3O.ClH/c1-7-22(5)27(18-19-29(6)8-2,21-28-26(31)20-30(9-3)10-4)25-17-13-15-23-14-11-12-16-24(23)25;/h11-17,22H,7-10,18-21H2,1-6H3,(H,28,31);1H. The molecular formula is C27H44ClN3O. The molecule has 4 nitrogen and oxygen atoms in total. The number of hydrogen-bond donors (Lipinski definition) is 1. The summed E-state index contributed by atoms with van der Waals surface area (Å²) < 4.78 is 0. The van der Waals surface area contributed by atoms with E-state index in [0.29, 0.717) is 19.0 Å². The molecule has 2 unspecified atom stereocenters. The van der Waals surface area contributed by atoms with E-state index in [4.69, 9.17) is 0 Å². The number of benzene rings is 2. The van der Waals surface area contributed by atoms with Crippen molar-refractivity contribution in [3.8, 4) is 0 Å². The van der Waals surface area contributed by atoms with Crippen molar-refractivity contribution in [2.45, 2.75) is 52.9 Å². The molecule has 2 rings (SSSR count). The fourth-order valence-corrected chi connectivity index (χ4v) is 4.57. The molecule has 0 spiro atoms. The van der Waals surface area contributed by atoms with Crippen LogP contribution in [-0.4, -0.2) is 62.0 Å². The zero-order chi connectivity index (χ0) is 22.9. The third-order valence-electron chi connectivity index (χ3n) is 7.22. The summed E-state index contributed by atoms with van der Waals surface area (Å²) in [5.74, 6) is 0.567. The number of hydrogen-bond acceptors (Lipinski definition) is 3. The highest BCUT2D eigenvalue weighted by Gasteiger charge is 2.38. The van der Waals surface area contributed by atoms with E-state index in [1.54, 1.807) is 0 Å². The number of likely N-dealkylation sites (N-methyl/N-ethyl adjacent to an activating group) is 1. The quantitative estimate of drug-likeness (QED) is 0.437. The molecule has 0 heterocycles. The van der Waals surface area contributed by atoms with Crippen LogP contribution < -0.4 is 5.32 Å². The van der Waals surface area contributed by atoms with Crippen LogP contribution >= 0.6 is 12.4 Å². The Hall–Kier alpha value is -1.62. The number of amides is 1. The Bertz CT molecular complexity index is 818. The van der Waals surface area contributed by atoms with Crippen LogP contribution in [0.1, 0.15) is 53.0 Å². The first-order chi connectivity index (χ1) is 14.9. The normalized spacial score (nSPS) is 14.2. The topological polar surface area (TPSA) is 35.6 Å². The van der Waals surface area contributed by atoms with E-state index < -0.39 is 0 Å². The van der Waals surface area contributed by atoms with E-state index in [0.717, 1.165) is 39.0 Å². The van der Waals surface area contributed by atoms with Gasteiger partial charge < -0.3 is 10.2 Å². The molecule has 0 bridgehead atoms. The summed E-state index contributed by atoms with van der Waals surface area (Å²) >= 11 is 0. The predicted octanol–water partition coefficient (Wildman–Crippen LogP) is 5.35. The van der Waals surface area contributed by atoms with Crippen LogP contribution in [0.4, 0.5) is 0 Å². The van der Waals surface area contributed by atoms with Gasteiger partial charge in [-0.3, -0.25) is 9.69 Å². The maximum atomic E-state index is 12.9. The molecule has 0 fully saturated rings. The molecule has 0 aliphatic heterocycles. The van der Waals surface area contributed by atoms with Crippen LogP contribution in [0.25, 0.3) is 10.8 Å². The Morgan fingerprint density at radius 1 is 1.00 bits per heavy atom. The van der Waals surface area contributed by atoms with Crippen molar-refractivity contribution in [3.05, 3.63) is 48.0 Å². The second kappa shape index (κ2) is 13.8. The third-order valence-corrected chi connectivity index (χ3v) is 7.22. The Morgan fingerprint density at radius 2 is 1.66 bits per heavy atom. The molecule has 2 atom stereocenters. The number of rotatable bonds is 13. The Balaban J connectivity index is 0.00000512. The van der Waals surface area contributed by atoms with Crippen molar-refractivity contribution in [1.82, 2.24) is 15.1 Å². The molecule has 0 saturated carbocycles. The van der Waals surface area contributed by atoms with E-state index in [1.807, 2.05) is 0 Å². The minimum atomic E-state index is -0.113. The molecule has 0 saturated heterocycles. The summed E-state index contributed by atoms with van der Waals surface area (Å²) in [4.78, 5) is 17.4. The molecule has 0 aliphatic rings. The van der Waals surface area contributed by atoms with Crippen LogP contribution in [0.2, 0.25) is 0 Å². The lowest BCUT2D eigenvalue weighted by molar-refractivity contribution is -0.122. The highest BCUT2D eigenvalue weighted by atomic mass is 35.5. The first kappa shape index (κ1) is 28.4. The maximum absolute atomic E-state index is 12.9. The summed E-state index contributed by atoms with van der Waals surface area (Å²) in [7, 11) is 2.18. The Morgan fingerprint density at radius 3 is 2.28 bits per heavy atom. The lowest BCUT2D eigenvalue weighted by Gasteiger charge is -2.42. The van der Waals surface area contributed by atoms with Gasteiger partial charge in [0.2, 0.25) is 5.91 Å². The van der Waals surface area contributed by atoms with Gasteiger partial charge in [0.15, 0.2) is 0 Å².